The molecular formula is C15H17N3O2. The van der Waals surface area contributed by atoms with E-state index in [1.807, 2.05) is 18.2 Å². The Morgan fingerprint density at radius 3 is 2.90 bits per heavy atom. The maximum atomic E-state index is 11.9. The molecule has 1 aromatic heterocycles. The fourth-order valence-electron chi connectivity index (χ4n) is 1.82. The molecule has 5 nitrogen and oxygen atoms in total. The molecule has 0 aliphatic carbocycles. The molecule has 0 fully saturated rings. The lowest BCUT2D eigenvalue weighted by molar-refractivity contribution is -0.120. The Balaban J connectivity index is 1.88. The van der Waals surface area contributed by atoms with E-state index in [-0.39, 0.29) is 5.91 Å². The molecule has 0 atom stereocenters. The van der Waals surface area contributed by atoms with Gasteiger partial charge in [-0.2, -0.15) is 0 Å². The van der Waals surface area contributed by atoms with E-state index in [4.69, 9.17) is 10.5 Å². The Kier molecular flexibility index (Phi) is 4.55. The zero-order valence-electron chi connectivity index (χ0n) is 11.3. The predicted octanol–water partition coefficient (Wildman–Crippen LogP) is 1.53. The molecular weight excluding hydrogens is 254 g/mol. The maximum absolute atomic E-state index is 11.9. The van der Waals surface area contributed by atoms with Crippen molar-refractivity contribution in [3.05, 3.63) is 53.7 Å². The van der Waals surface area contributed by atoms with Gasteiger partial charge < -0.3 is 15.8 Å². The fraction of sp³-hybridized carbons (Fsp3) is 0.200. The van der Waals surface area contributed by atoms with Gasteiger partial charge in [0.05, 0.1) is 13.5 Å². The second-order valence-electron chi connectivity index (χ2n) is 4.40. The Labute approximate surface area is 117 Å². The second-order valence-corrected chi connectivity index (χ2v) is 4.40. The van der Waals surface area contributed by atoms with Crippen LogP contribution in [0.2, 0.25) is 0 Å². The number of nitrogens with one attached hydrogen (secondary N) is 1. The first-order valence-corrected chi connectivity index (χ1v) is 6.27. The topological polar surface area (TPSA) is 77.2 Å². The molecule has 0 aliphatic heterocycles. The van der Waals surface area contributed by atoms with Gasteiger partial charge in [-0.3, -0.25) is 4.79 Å². The number of aromatic nitrogens is 1. The van der Waals surface area contributed by atoms with Crippen molar-refractivity contribution in [1.29, 1.82) is 0 Å². The van der Waals surface area contributed by atoms with E-state index in [1.54, 1.807) is 31.5 Å². The zero-order chi connectivity index (χ0) is 14.4. The van der Waals surface area contributed by atoms with Crippen LogP contribution in [-0.4, -0.2) is 18.0 Å². The van der Waals surface area contributed by atoms with Gasteiger partial charge in [0, 0.05) is 24.5 Å². The predicted molar refractivity (Wildman–Crippen MR) is 77.2 cm³/mol. The highest BCUT2D eigenvalue weighted by Crippen LogP contribution is 2.09. The van der Waals surface area contributed by atoms with Gasteiger partial charge in [-0.1, -0.05) is 12.1 Å². The van der Waals surface area contributed by atoms with Crippen molar-refractivity contribution in [3.63, 3.8) is 0 Å². The molecule has 1 heterocycles. The molecule has 1 aromatic carbocycles. The number of nitrogens with two attached hydrogens (primary N) is 1. The van der Waals surface area contributed by atoms with Crippen LogP contribution in [0.25, 0.3) is 0 Å². The molecule has 2 aromatic rings. The highest BCUT2D eigenvalue weighted by Gasteiger charge is 2.04. The van der Waals surface area contributed by atoms with E-state index >= 15 is 0 Å². The number of nitrogens with zero attached hydrogens (tertiary/aromatic N) is 1. The van der Waals surface area contributed by atoms with Crippen LogP contribution in [0.15, 0.2) is 42.6 Å². The van der Waals surface area contributed by atoms with Crippen molar-refractivity contribution in [3.8, 4) is 5.88 Å². The van der Waals surface area contributed by atoms with Crippen LogP contribution in [-0.2, 0) is 17.8 Å². The molecule has 1 amide bonds. The number of anilines is 1. The molecule has 0 spiro atoms. The molecule has 0 saturated carbocycles. The van der Waals surface area contributed by atoms with E-state index in [2.05, 4.69) is 10.3 Å². The van der Waals surface area contributed by atoms with Crippen LogP contribution >= 0.6 is 0 Å². The minimum Gasteiger partial charge on any atom is -0.481 e. The number of amides is 1. The Bertz CT molecular complexity index is 599. The smallest absolute Gasteiger partial charge is 0.224 e. The summed E-state index contributed by atoms with van der Waals surface area (Å²) < 4.78 is 5.03. The standard InChI is InChI=1S/C15H17N3O2/c1-20-15-9-12(5-6-17-15)10-18-14(19)8-11-3-2-4-13(16)7-11/h2-7,9H,8,10,16H2,1H3,(H,18,19). The number of benzene rings is 1. The largest absolute Gasteiger partial charge is 0.481 e. The molecule has 0 bridgehead atoms. The van der Waals surface area contributed by atoms with Crippen molar-refractivity contribution in [2.45, 2.75) is 13.0 Å². The van der Waals surface area contributed by atoms with Gasteiger partial charge in [0.15, 0.2) is 0 Å². The van der Waals surface area contributed by atoms with Crippen LogP contribution in [0.3, 0.4) is 0 Å². The van der Waals surface area contributed by atoms with Gasteiger partial charge in [-0.25, -0.2) is 4.98 Å². The van der Waals surface area contributed by atoms with Crippen LogP contribution in [0.1, 0.15) is 11.1 Å². The minimum atomic E-state index is -0.0496. The first-order chi connectivity index (χ1) is 9.67. The van der Waals surface area contributed by atoms with Gasteiger partial charge in [0.25, 0.3) is 0 Å². The van der Waals surface area contributed by atoms with E-state index in [1.165, 1.54) is 0 Å². The first-order valence-electron chi connectivity index (χ1n) is 6.27. The number of pyridine rings is 1. The van der Waals surface area contributed by atoms with Crippen molar-refractivity contribution < 1.29 is 9.53 Å². The third kappa shape index (κ3) is 3.98. The summed E-state index contributed by atoms with van der Waals surface area (Å²) in [4.78, 5) is 15.9. The summed E-state index contributed by atoms with van der Waals surface area (Å²) in [5.41, 5.74) is 8.18. The number of methoxy groups -OCH3 is 1. The summed E-state index contributed by atoms with van der Waals surface area (Å²) in [7, 11) is 1.56. The van der Waals surface area contributed by atoms with Crippen molar-refractivity contribution in [1.82, 2.24) is 10.3 Å². The van der Waals surface area contributed by atoms with Crippen LogP contribution in [0.5, 0.6) is 5.88 Å². The third-order valence-electron chi connectivity index (χ3n) is 2.81. The normalized spacial score (nSPS) is 10.1. The number of hydrogen-bond acceptors (Lipinski definition) is 4. The van der Waals surface area contributed by atoms with Gasteiger partial charge in [0.2, 0.25) is 11.8 Å². The minimum absolute atomic E-state index is 0.0496. The van der Waals surface area contributed by atoms with Crippen LogP contribution in [0, 0.1) is 0 Å². The van der Waals surface area contributed by atoms with E-state index in [0.717, 1.165) is 11.1 Å². The number of rotatable bonds is 5. The summed E-state index contributed by atoms with van der Waals surface area (Å²) >= 11 is 0. The summed E-state index contributed by atoms with van der Waals surface area (Å²) in [6, 6.07) is 10.9. The Morgan fingerprint density at radius 2 is 2.15 bits per heavy atom. The molecule has 0 radical (unpaired) electrons. The number of carbonyl (C=O) groups is 1. The molecule has 20 heavy (non-hydrogen) atoms. The average Bonchev–Trinajstić information content (AvgIpc) is 2.45. The van der Waals surface area contributed by atoms with Gasteiger partial charge in [0.1, 0.15) is 0 Å². The monoisotopic (exact) mass is 271 g/mol. The van der Waals surface area contributed by atoms with Gasteiger partial charge >= 0.3 is 0 Å². The number of nitrogen functional groups attached to an aromatic ring is 1. The van der Waals surface area contributed by atoms with E-state index in [0.29, 0.717) is 24.5 Å². The Morgan fingerprint density at radius 1 is 1.30 bits per heavy atom. The lowest BCUT2D eigenvalue weighted by atomic mass is 10.1. The van der Waals surface area contributed by atoms with Crippen LogP contribution in [0.4, 0.5) is 5.69 Å². The molecule has 5 heteroatoms. The van der Waals surface area contributed by atoms with Gasteiger partial charge in [-0.15, -0.1) is 0 Å². The molecule has 104 valence electrons. The van der Waals surface area contributed by atoms with Crippen molar-refractivity contribution >= 4 is 11.6 Å². The van der Waals surface area contributed by atoms with Crippen LogP contribution < -0.4 is 15.8 Å². The van der Waals surface area contributed by atoms with Gasteiger partial charge in [-0.05, 0) is 29.3 Å². The quantitative estimate of drug-likeness (QED) is 0.808. The van der Waals surface area contributed by atoms with E-state index in [9.17, 15) is 4.79 Å². The summed E-state index contributed by atoms with van der Waals surface area (Å²) in [6.07, 6.45) is 1.96. The molecule has 0 saturated heterocycles. The summed E-state index contributed by atoms with van der Waals surface area (Å²) in [6.45, 7) is 0.444. The SMILES string of the molecule is COc1cc(CNC(=O)Cc2cccc(N)c2)ccn1. The Hall–Kier alpha value is -2.56. The second kappa shape index (κ2) is 6.56. The van der Waals surface area contributed by atoms with Crippen molar-refractivity contribution in [2.24, 2.45) is 0 Å². The molecule has 3 N–H and O–H groups in total. The summed E-state index contributed by atoms with van der Waals surface area (Å²) in [5.74, 6) is 0.485. The highest BCUT2D eigenvalue weighted by molar-refractivity contribution is 5.78. The average molecular weight is 271 g/mol. The number of ether oxygens (including phenoxy) is 1. The zero-order valence-corrected chi connectivity index (χ0v) is 11.3. The molecule has 0 unspecified atom stereocenters. The summed E-state index contributed by atoms with van der Waals surface area (Å²) in [5, 5.41) is 2.86. The molecule has 2 rings (SSSR count). The maximum Gasteiger partial charge on any atom is 0.224 e. The number of carbonyl (C=O) groups excluding carboxylic acids is 1. The first kappa shape index (κ1) is 13.9. The fourth-order valence-corrected chi connectivity index (χ4v) is 1.82. The van der Waals surface area contributed by atoms with E-state index < -0.39 is 0 Å². The molecule has 0 aliphatic rings. The highest BCUT2D eigenvalue weighted by atomic mass is 16.5. The van der Waals surface area contributed by atoms with Crippen molar-refractivity contribution in [2.75, 3.05) is 12.8 Å². The lowest BCUT2D eigenvalue weighted by Gasteiger charge is -2.07. The lowest BCUT2D eigenvalue weighted by Crippen LogP contribution is -2.24. The third-order valence-corrected chi connectivity index (χ3v) is 2.81. The number of hydrogen-bond donors (Lipinski definition) is 2.